The zero-order chi connectivity index (χ0) is 25.8. The van der Waals surface area contributed by atoms with Crippen LogP contribution in [0.15, 0.2) is 36.4 Å². The van der Waals surface area contributed by atoms with Crippen molar-refractivity contribution in [2.45, 2.75) is 59.7 Å². The second kappa shape index (κ2) is 11.1. The van der Waals surface area contributed by atoms with Crippen LogP contribution in [0.25, 0.3) is 0 Å². The van der Waals surface area contributed by atoms with Crippen LogP contribution in [0.4, 0.5) is 0 Å². The molecule has 2 heterocycles. The molecule has 0 aliphatic carbocycles. The van der Waals surface area contributed by atoms with Crippen molar-refractivity contribution in [2.24, 2.45) is 5.92 Å². The lowest BCUT2D eigenvalue weighted by molar-refractivity contribution is 0.0928. The predicted octanol–water partition coefficient (Wildman–Crippen LogP) is 4.18. The van der Waals surface area contributed by atoms with Crippen molar-refractivity contribution in [2.75, 3.05) is 20.2 Å². The first-order valence-electron chi connectivity index (χ1n) is 12.6. The fraction of sp³-hybridized carbons (Fsp3) is 0.464. The number of hydrogen-bond acceptors (Lipinski definition) is 6. The highest BCUT2D eigenvalue weighted by molar-refractivity contribution is 5.94. The third kappa shape index (κ3) is 6.05. The van der Waals surface area contributed by atoms with Gasteiger partial charge in [-0.15, -0.1) is 10.2 Å². The molecule has 0 radical (unpaired) electrons. The van der Waals surface area contributed by atoms with E-state index in [2.05, 4.69) is 44.9 Å². The van der Waals surface area contributed by atoms with Crippen molar-refractivity contribution in [3.05, 3.63) is 70.3 Å². The summed E-state index contributed by atoms with van der Waals surface area (Å²) >= 11 is 0. The molecule has 3 aromatic rings. The van der Waals surface area contributed by atoms with Crippen molar-refractivity contribution in [1.82, 2.24) is 25.0 Å². The third-order valence-corrected chi connectivity index (χ3v) is 6.64. The molecule has 36 heavy (non-hydrogen) atoms. The molecule has 1 atom stereocenters. The first kappa shape index (κ1) is 25.7. The molecule has 0 unspecified atom stereocenters. The fourth-order valence-corrected chi connectivity index (χ4v) is 4.91. The molecule has 0 bridgehead atoms. The van der Waals surface area contributed by atoms with E-state index in [0.717, 1.165) is 66.6 Å². The first-order valence-corrected chi connectivity index (χ1v) is 12.6. The number of amides is 1. The van der Waals surface area contributed by atoms with Crippen LogP contribution in [0.5, 0.6) is 11.5 Å². The van der Waals surface area contributed by atoms with E-state index in [0.29, 0.717) is 18.0 Å². The van der Waals surface area contributed by atoms with Gasteiger partial charge in [-0.1, -0.05) is 31.0 Å². The van der Waals surface area contributed by atoms with E-state index in [1.165, 1.54) is 0 Å². The summed E-state index contributed by atoms with van der Waals surface area (Å²) in [7, 11) is 1.63. The smallest absolute Gasteiger partial charge is 0.251 e. The van der Waals surface area contributed by atoms with Crippen LogP contribution in [0.3, 0.4) is 0 Å². The van der Waals surface area contributed by atoms with Gasteiger partial charge in [-0.2, -0.15) is 0 Å². The first-order chi connectivity index (χ1) is 17.2. The number of fused-ring (bicyclic) bond motifs is 1. The van der Waals surface area contributed by atoms with Gasteiger partial charge in [-0.05, 0) is 56.5 Å². The van der Waals surface area contributed by atoms with Gasteiger partial charge in [0.25, 0.3) is 5.91 Å². The fourth-order valence-electron chi connectivity index (χ4n) is 4.91. The molecule has 2 N–H and O–H groups in total. The number of methoxy groups -OCH3 is 1. The lowest BCUT2D eigenvalue weighted by Gasteiger charge is -2.23. The SMILES string of the molecule is COc1ccc(O)c(CN2CCc3nnc([C@H](CC(C)C)NC(=O)c4cc(C)cc(C)c4)n3CC2)c1. The quantitative estimate of drug-likeness (QED) is 0.491. The molecule has 8 nitrogen and oxygen atoms in total. The highest BCUT2D eigenvalue weighted by Crippen LogP contribution is 2.26. The monoisotopic (exact) mass is 491 g/mol. The van der Waals surface area contributed by atoms with Gasteiger partial charge in [0.15, 0.2) is 5.82 Å². The minimum Gasteiger partial charge on any atom is -0.508 e. The second-order valence-electron chi connectivity index (χ2n) is 10.2. The predicted molar refractivity (Wildman–Crippen MR) is 139 cm³/mol. The molecule has 8 heteroatoms. The molecule has 0 fully saturated rings. The summed E-state index contributed by atoms with van der Waals surface area (Å²) in [4.78, 5) is 15.5. The molecule has 1 aliphatic rings. The van der Waals surface area contributed by atoms with Gasteiger partial charge in [0.2, 0.25) is 0 Å². The van der Waals surface area contributed by atoms with E-state index in [-0.39, 0.29) is 17.7 Å². The van der Waals surface area contributed by atoms with Crippen molar-refractivity contribution in [3.8, 4) is 11.5 Å². The number of carbonyl (C=O) groups excluding carboxylic acids is 1. The van der Waals surface area contributed by atoms with Gasteiger partial charge >= 0.3 is 0 Å². The molecule has 192 valence electrons. The number of carbonyl (C=O) groups is 1. The Labute approximate surface area is 213 Å². The van der Waals surface area contributed by atoms with E-state index in [1.54, 1.807) is 19.2 Å². The van der Waals surface area contributed by atoms with Crippen molar-refractivity contribution < 1.29 is 14.6 Å². The average Bonchev–Trinajstić information content (AvgIpc) is 3.13. The Hall–Kier alpha value is -3.39. The van der Waals surface area contributed by atoms with Gasteiger partial charge in [0.05, 0.1) is 13.2 Å². The van der Waals surface area contributed by atoms with Crippen LogP contribution >= 0.6 is 0 Å². The Bertz CT molecular complexity index is 1200. The number of aromatic hydroxyl groups is 1. The lowest BCUT2D eigenvalue weighted by atomic mass is 10.0. The number of benzene rings is 2. The maximum Gasteiger partial charge on any atom is 0.251 e. The highest BCUT2D eigenvalue weighted by atomic mass is 16.5. The van der Waals surface area contributed by atoms with Crippen LogP contribution in [0.2, 0.25) is 0 Å². The van der Waals surface area contributed by atoms with Gasteiger partial charge < -0.3 is 19.7 Å². The van der Waals surface area contributed by atoms with E-state index in [4.69, 9.17) is 4.74 Å². The number of nitrogens with zero attached hydrogens (tertiary/aromatic N) is 4. The molecule has 1 aromatic heterocycles. The zero-order valence-corrected chi connectivity index (χ0v) is 21.9. The molecule has 0 saturated carbocycles. The van der Waals surface area contributed by atoms with E-state index in [9.17, 15) is 9.90 Å². The maximum absolute atomic E-state index is 13.2. The Balaban J connectivity index is 1.52. The number of aryl methyl sites for hydroxylation is 2. The Morgan fingerprint density at radius 3 is 2.53 bits per heavy atom. The number of nitrogens with one attached hydrogen (secondary N) is 1. The zero-order valence-electron chi connectivity index (χ0n) is 21.9. The van der Waals surface area contributed by atoms with Crippen LogP contribution in [0.1, 0.15) is 65.0 Å². The van der Waals surface area contributed by atoms with Crippen LogP contribution in [-0.2, 0) is 19.5 Å². The normalized spacial score (nSPS) is 14.8. The van der Waals surface area contributed by atoms with Gasteiger partial charge in [-0.25, -0.2) is 0 Å². The van der Waals surface area contributed by atoms with Crippen molar-refractivity contribution in [1.29, 1.82) is 0 Å². The molecule has 0 saturated heterocycles. The largest absolute Gasteiger partial charge is 0.508 e. The standard InChI is InChI=1S/C28H37N5O3/c1-18(2)12-24(29-28(35)21-14-19(3)13-20(4)15-21)27-31-30-26-8-9-32(10-11-33(26)27)17-22-16-23(36-5)6-7-25(22)34/h6-7,13-16,18,24,34H,8-12,17H2,1-5H3,(H,29,35)/t24-/m0/s1. The average molecular weight is 492 g/mol. The van der Waals surface area contributed by atoms with Gasteiger partial charge in [0, 0.05) is 43.7 Å². The molecule has 4 rings (SSSR count). The maximum atomic E-state index is 13.2. The molecular weight excluding hydrogens is 454 g/mol. The minimum atomic E-state index is -0.228. The van der Waals surface area contributed by atoms with E-state index >= 15 is 0 Å². The summed E-state index contributed by atoms with van der Waals surface area (Å²) in [5, 5.41) is 22.6. The number of phenolic OH excluding ortho intramolecular Hbond substituents is 1. The topological polar surface area (TPSA) is 92.5 Å². The summed E-state index contributed by atoms with van der Waals surface area (Å²) in [5.74, 6) is 3.02. The number of phenols is 1. The third-order valence-electron chi connectivity index (χ3n) is 6.64. The number of rotatable bonds is 8. The lowest BCUT2D eigenvalue weighted by Crippen LogP contribution is -2.32. The van der Waals surface area contributed by atoms with Crippen LogP contribution in [0, 0.1) is 19.8 Å². The number of ether oxygens (including phenoxy) is 1. The summed E-state index contributed by atoms with van der Waals surface area (Å²) in [6, 6.07) is 11.0. The minimum absolute atomic E-state index is 0.0893. The molecular formula is C28H37N5O3. The molecule has 2 aromatic carbocycles. The van der Waals surface area contributed by atoms with Gasteiger partial charge in [-0.3, -0.25) is 9.69 Å². The summed E-state index contributed by atoms with van der Waals surface area (Å²) in [5.41, 5.74) is 3.64. The highest BCUT2D eigenvalue weighted by Gasteiger charge is 2.27. The molecule has 1 amide bonds. The molecule has 0 spiro atoms. The van der Waals surface area contributed by atoms with Crippen LogP contribution in [-0.4, -0.2) is 50.9 Å². The summed E-state index contributed by atoms with van der Waals surface area (Å²) in [6.07, 6.45) is 1.52. The van der Waals surface area contributed by atoms with Gasteiger partial charge in [0.1, 0.15) is 17.3 Å². The Morgan fingerprint density at radius 2 is 1.83 bits per heavy atom. The second-order valence-corrected chi connectivity index (χ2v) is 10.2. The van der Waals surface area contributed by atoms with Crippen LogP contribution < -0.4 is 10.1 Å². The van der Waals surface area contributed by atoms with E-state index < -0.39 is 0 Å². The van der Waals surface area contributed by atoms with Crippen molar-refractivity contribution in [3.63, 3.8) is 0 Å². The summed E-state index contributed by atoms with van der Waals surface area (Å²) < 4.78 is 7.49. The summed E-state index contributed by atoms with van der Waals surface area (Å²) in [6.45, 7) is 11.2. The number of hydrogen-bond donors (Lipinski definition) is 2. The Kier molecular flexibility index (Phi) is 7.94. The number of aromatic nitrogens is 3. The Morgan fingerprint density at radius 1 is 1.08 bits per heavy atom. The van der Waals surface area contributed by atoms with Crippen molar-refractivity contribution >= 4 is 5.91 Å². The van der Waals surface area contributed by atoms with E-state index in [1.807, 2.05) is 32.0 Å². The molecule has 1 aliphatic heterocycles.